The highest BCUT2D eigenvalue weighted by atomic mass is 16.5. The highest BCUT2D eigenvalue weighted by Gasteiger charge is 2.47. The third-order valence-corrected chi connectivity index (χ3v) is 7.84. The van der Waals surface area contributed by atoms with E-state index in [-0.39, 0.29) is 30.7 Å². The fraction of sp³-hybridized carbons (Fsp3) is 0.303. The third-order valence-electron chi connectivity index (χ3n) is 7.84. The number of H-pyrrole nitrogens is 1. The fourth-order valence-corrected chi connectivity index (χ4v) is 5.54. The molecule has 0 unspecified atom stereocenters. The Bertz CT molecular complexity index is 1520. The van der Waals surface area contributed by atoms with Gasteiger partial charge in [0.05, 0.1) is 13.5 Å². The number of aromatic nitrogens is 1. The molecule has 0 aliphatic carbocycles. The van der Waals surface area contributed by atoms with E-state index in [0.717, 1.165) is 27.6 Å². The second-order valence-electron chi connectivity index (χ2n) is 10.8. The van der Waals surface area contributed by atoms with Gasteiger partial charge in [0.1, 0.15) is 17.3 Å². The van der Waals surface area contributed by atoms with Crippen LogP contribution in [0.15, 0.2) is 85.1 Å². The van der Waals surface area contributed by atoms with Crippen molar-refractivity contribution >= 4 is 28.6 Å². The number of fused-ring (bicyclic) bond motifs is 1. The minimum Gasteiger partial charge on any atom is -0.497 e. The quantitative estimate of drug-likeness (QED) is 0.275. The molecular weight excluding hydrogens is 516 g/mol. The van der Waals surface area contributed by atoms with E-state index < -0.39 is 11.6 Å². The fourth-order valence-electron chi connectivity index (χ4n) is 5.54. The molecule has 0 spiro atoms. The van der Waals surface area contributed by atoms with Gasteiger partial charge in [0, 0.05) is 30.2 Å². The Kier molecular flexibility index (Phi) is 8.38. The number of carbonyl (C=O) groups excluding carboxylic acids is 3. The molecule has 0 bridgehead atoms. The van der Waals surface area contributed by atoms with E-state index in [9.17, 15) is 14.4 Å². The summed E-state index contributed by atoms with van der Waals surface area (Å²) in [6.45, 7) is 2.48. The van der Waals surface area contributed by atoms with Crippen LogP contribution in [0.3, 0.4) is 0 Å². The van der Waals surface area contributed by atoms with Crippen molar-refractivity contribution in [1.82, 2.24) is 20.5 Å². The molecule has 3 amide bonds. The monoisotopic (exact) mass is 552 g/mol. The summed E-state index contributed by atoms with van der Waals surface area (Å²) < 4.78 is 5.27. The Balaban J connectivity index is 1.30. The summed E-state index contributed by atoms with van der Waals surface area (Å²) in [5.41, 5.74) is 2.71. The SMILES string of the molecule is COc1ccc(CN2C(=O)[C@@](C)(NC(=O)Cc3c[nH]c4ccccc34)CC[C@H]2C(=O)NCCc2ccccc2)cc1. The number of carbonyl (C=O) groups is 3. The molecule has 3 aromatic carbocycles. The normalized spacial score (nSPS) is 18.7. The molecule has 8 nitrogen and oxygen atoms in total. The summed E-state index contributed by atoms with van der Waals surface area (Å²) in [6.07, 6.45) is 3.48. The molecule has 0 saturated carbocycles. The summed E-state index contributed by atoms with van der Waals surface area (Å²) in [7, 11) is 1.60. The maximum absolute atomic E-state index is 14.0. The second kappa shape index (κ2) is 12.3. The molecule has 41 heavy (non-hydrogen) atoms. The number of hydrogen-bond acceptors (Lipinski definition) is 4. The van der Waals surface area contributed by atoms with E-state index in [0.29, 0.717) is 31.6 Å². The molecule has 1 saturated heterocycles. The first-order valence-corrected chi connectivity index (χ1v) is 14.0. The van der Waals surface area contributed by atoms with Crippen molar-refractivity contribution in [1.29, 1.82) is 0 Å². The molecule has 1 aromatic heterocycles. The van der Waals surface area contributed by atoms with E-state index in [4.69, 9.17) is 4.74 Å². The van der Waals surface area contributed by atoms with Gasteiger partial charge in [-0.25, -0.2) is 0 Å². The van der Waals surface area contributed by atoms with Crippen LogP contribution < -0.4 is 15.4 Å². The Hall–Kier alpha value is -4.59. The number of hydrogen-bond donors (Lipinski definition) is 3. The van der Waals surface area contributed by atoms with Crippen molar-refractivity contribution in [2.75, 3.05) is 13.7 Å². The lowest BCUT2D eigenvalue weighted by Gasteiger charge is -2.44. The predicted molar refractivity (Wildman–Crippen MR) is 158 cm³/mol. The van der Waals surface area contributed by atoms with Crippen molar-refractivity contribution < 1.29 is 19.1 Å². The van der Waals surface area contributed by atoms with Crippen LogP contribution in [0.5, 0.6) is 5.75 Å². The van der Waals surface area contributed by atoms with Crippen molar-refractivity contribution in [3.63, 3.8) is 0 Å². The zero-order valence-electron chi connectivity index (χ0n) is 23.5. The van der Waals surface area contributed by atoms with Gasteiger partial charge in [-0.2, -0.15) is 0 Å². The molecule has 1 aliphatic heterocycles. The van der Waals surface area contributed by atoms with E-state index in [1.165, 1.54) is 0 Å². The van der Waals surface area contributed by atoms with Gasteiger partial charge in [-0.3, -0.25) is 14.4 Å². The minimum atomic E-state index is -1.13. The standard InChI is InChI=1S/C33H36N4O4/c1-33(36-30(38)20-25-21-35-28-11-7-6-10-27(25)28)18-16-29(31(39)34-19-17-23-8-4-3-5-9-23)37(32(33)40)22-24-12-14-26(41-2)15-13-24/h3-15,21,29,35H,16-20,22H2,1-2H3,(H,34,39)(H,36,38)/t29-,33-/m0/s1. The van der Waals surface area contributed by atoms with Crippen LogP contribution in [0.1, 0.15) is 36.5 Å². The number of aromatic amines is 1. The third kappa shape index (κ3) is 6.43. The molecule has 1 aliphatic rings. The summed E-state index contributed by atoms with van der Waals surface area (Å²) in [4.78, 5) is 45.4. The summed E-state index contributed by atoms with van der Waals surface area (Å²) in [5, 5.41) is 7.02. The van der Waals surface area contributed by atoms with Crippen molar-refractivity contribution in [2.24, 2.45) is 0 Å². The Morgan fingerprint density at radius 1 is 1.00 bits per heavy atom. The van der Waals surface area contributed by atoms with Crippen LogP contribution in [0.25, 0.3) is 10.9 Å². The van der Waals surface area contributed by atoms with Gasteiger partial charge >= 0.3 is 0 Å². The van der Waals surface area contributed by atoms with Crippen molar-refractivity contribution in [2.45, 2.75) is 50.7 Å². The van der Waals surface area contributed by atoms with Gasteiger partial charge in [0.2, 0.25) is 17.7 Å². The lowest BCUT2D eigenvalue weighted by Crippen LogP contribution is -2.65. The summed E-state index contributed by atoms with van der Waals surface area (Å²) >= 11 is 0. The molecule has 4 aromatic rings. The van der Waals surface area contributed by atoms with Gasteiger partial charge < -0.3 is 25.3 Å². The number of amides is 3. The van der Waals surface area contributed by atoms with E-state index in [1.54, 1.807) is 18.9 Å². The van der Waals surface area contributed by atoms with Crippen molar-refractivity contribution in [3.05, 3.63) is 102 Å². The number of para-hydroxylation sites is 1. The maximum Gasteiger partial charge on any atom is 0.249 e. The summed E-state index contributed by atoms with van der Waals surface area (Å²) in [6, 6.07) is 24.6. The zero-order valence-corrected chi connectivity index (χ0v) is 23.5. The number of likely N-dealkylation sites (tertiary alicyclic amines) is 1. The van der Waals surface area contributed by atoms with E-state index in [1.807, 2.05) is 85.1 Å². The van der Waals surface area contributed by atoms with Crippen LogP contribution in [0, 0.1) is 0 Å². The minimum absolute atomic E-state index is 0.148. The highest BCUT2D eigenvalue weighted by Crippen LogP contribution is 2.30. The largest absolute Gasteiger partial charge is 0.497 e. The van der Waals surface area contributed by atoms with E-state index >= 15 is 0 Å². The van der Waals surface area contributed by atoms with Gasteiger partial charge in [-0.15, -0.1) is 0 Å². The smallest absolute Gasteiger partial charge is 0.249 e. The number of piperidine rings is 1. The molecule has 8 heteroatoms. The van der Waals surface area contributed by atoms with E-state index in [2.05, 4.69) is 15.6 Å². The number of nitrogens with zero attached hydrogens (tertiary/aromatic N) is 1. The lowest BCUT2D eigenvalue weighted by molar-refractivity contribution is -0.152. The number of nitrogens with one attached hydrogen (secondary N) is 3. The zero-order chi connectivity index (χ0) is 28.8. The molecule has 1 fully saturated rings. The maximum atomic E-state index is 14.0. The highest BCUT2D eigenvalue weighted by molar-refractivity contribution is 5.97. The molecule has 0 radical (unpaired) electrons. The topological polar surface area (TPSA) is 104 Å². The van der Waals surface area contributed by atoms with Crippen LogP contribution in [-0.2, 0) is 33.8 Å². The van der Waals surface area contributed by atoms with Crippen LogP contribution in [0.4, 0.5) is 0 Å². The van der Waals surface area contributed by atoms with Gasteiger partial charge in [-0.1, -0.05) is 60.7 Å². The first-order chi connectivity index (χ1) is 19.9. The van der Waals surface area contributed by atoms with Crippen LogP contribution in [0.2, 0.25) is 0 Å². The number of ether oxygens (including phenoxy) is 1. The van der Waals surface area contributed by atoms with Crippen LogP contribution >= 0.6 is 0 Å². The number of methoxy groups -OCH3 is 1. The van der Waals surface area contributed by atoms with Gasteiger partial charge in [0.15, 0.2) is 0 Å². The average Bonchev–Trinajstić information content (AvgIpc) is 3.39. The van der Waals surface area contributed by atoms with Gasteiger partial charge in [-0.05, 0) is 61.1 Å². The average molecular weight is 553 g/mol. The first-order valence-electron chi connectivity index (χ1n) is 14.0. The Morgan fingerprint density at radius 3 is 2.49 bits per heavy atom. The first kappa shape index (κ1) is 28.0. The predicted octanol–water partition coefficient (Wildman–Crippen LogP) is 4.14. The Labute approximate surface area is 240 Å². The lowest BCUT2D eigenvalue weighted by atomic mass is 9.85. The number of benzene rings is 3. The molecule has 3 N–H and O–H groups in total. The second-order valence-corrected chi connectivity index (χ2v) is 10.8. The summed E-state index contributed by atoms with van der Waals surface area (Å²) in [5.74, 6) is 0.0223. The Morgan fingerprint density at radius 2 is 1.73 bits per heavy atom. The number of rotatable bonds is 10. The molecule has 2 atom stereocenters. The van der Waals surface area contributed by atoms with Gasteiger partial charge in [0.25, 0.3) is 0 Å². The van der Waals surface area contributed by atoms with Crippen LogP contribution in [-0.4, -0.2) is 52.8 Å². The molecular formula is C33H36N4O4. The molecule has 5 rings (SSSR count). The van der Waals surface area contributed by atoms with Crippen molar-refractivity contribution in [3.8, 4) is 5.75 Å². The molecule has 212 valence electrons. The molecule has 2 heterocycles.